The Morgan fingerprint density at radius 3 is 2.37 bits per heavy atom. The van der Waals surface area contributed by atoms with Gasteiger partial charge >= 0.3 is 0 Å². The average Bonchev–Trinajstić information content (AvgIpc) is 2.38. The summed E-state index contributed by atoms with van der Waals surface area (Å²) in [5.74, 6) is 0.117. The molecule has 1 aliphatic rings. The van der Waals surface area contributed by atoms with Crippen LogP contribution in [-0.2, 0) is 9.59 Å². The van der Waals surface area contributed by atoms with Crippen molar-refractivity contribution in [1.82, 2.24) is 5.32 Å². The van der Waals surface area contributed by atoms with Crippen LogP contribution in [0, 0.1) is 0 Å². The van der Waals surface area contributed by atoms with E-state index in [1.54, 1.807) is 0 Å². The van der Waals surface area contributed by atoms with E-state index in [1.165, 1.54) is 5.56 Å². The third-order valence-corrected chi connectivity index (χ3v) is 3.64. The molecule has 0 aliphatic carbocycles. The summed E-state index contributed by atoms with van der Waals surface area (Å²) < 4.78 is 0. The first kappa shape index (κ1) is 13.6. The third-order valence-electron chi connectivity index (χ3n) is 3.64. The van der Waals surface area contributed by atoms with E-state index in [-0.39, 0.29) is 17.9 Å². The zero-order chi connectivity index (χ0) is 14.0. The van der Waals surface area contributed by atoms with Gasteiger partial charge in [0.15, 0.2) is 0 Å². The maximum absolute atomic E-state index is 11.8. The number of carbonyl (C=O) groups excluding carboxylic acids is 2. The average molecular weight is 260 g/mol. The lowest BCUT2D eigenvalue weighted by Crippen LogP contribution is -2.51. The topological polar surface area (TPSA) is 49.4 Å². The fourth-order valence-electron chi connectivity index (χ4n) is 2.33. The van der Waals surface area contributed by atoms with Crippen LogP contribution in [0.15, 0.2) is 24.3 Å². The predicted octanol–water partition coefficient (Wildman–Crippen LogP) is 2.05. The van der Waals surface area contributed by atoms with Gasteiger partial charge in [-0.1, -0.05) is 26.0 Å². The molecule has 102 valence electrons. The van der Waals surface area contributed by atoms with Crippen molar-refractivity contribution in [1.29, 1.82) is 0 Å². The van der Waals surface area contributed by atoms with Crippen molar-refractivity contribution in [3.05, 3.63) is 29.8 Å². The lowest BCUT2D eigenvalue weighted by atomic mass is 10.0. The van der Waals surface area contributed by atoms with Crippen LogP contribution in [0.25, 0.3) is 0 Å². The molecule has 0 saturated carbocycles. The molecule has 19 heavy (non-hydrogen) atoms. The summed E-state index contributed by atoms with van der Waals surface area (Å²) in [6.07, 6.45) is 0.984. The number of likely N-dealkylation sites (N-methyl/N-ethyl adjacent to an activating group) is 1. The molecule has 1 N–H and O–H groups in total. The minimum Gasteiger partial charge on any atom is -0.363 e. The molecule has 1 aromatic carbocycles. The Balaban J connectivity index is 2.12. The highest BCUT2D eigenvalue weighted by atomic mass is 16.2. The second-order valence-electron chi connectivity index (χ2n) is 5.32. The molecule has 1 heterocycles. The fraction of sp³-hybridized carbons (Fsp3) is 0.467. The van der Waals surface area contributed by atoms with E-state index in [9.17, 15) is 9.59 Å². The molecule has 1 unspecified atom stereocenters. The molecule has 4 nitrogen and oxygen atoms in total. The Hall–Kier alpha value is -1.84. The Morgan fingerprint density at radius 2 is 1.84 bits per heavy atom. The number of nitrogens with one attached hydrogen (secondary N) is 1. The molecule has 2 amide bonds. The van der Waals surface area contributed by atoms with Gasteiger partial charge in [0.25, 0.3) is 0 Å². The normalized spacial score (nSPS) is 19.5. The second kappa shape index (κ2) is 5.43. The van der Waals surface area contributed by atoms with Crippen molar-refractivity contribution >= 4 is 17.5 Å². The highest BCUT2D eigenvalue weighted by molar-refractivity contribution is 6.01. The van der Waals surface area contributed by atoms with E-state index in [1.807, 2.05) is 24.1 Å². The Bertz CT molecular complexity index is 479. The summed E-state index contributed by atoms with van der Waals surface area (Å²) in [7, 11) is 1.89. The number of rotatable bonds is 3. The van der Waals surface area contributed by atoms with Crippen LogP contribution in [0.2, 0.25) is 0 Å². The molecule has 0 spiro atoms. The van der Waals surface area contributed by atoms with Gasteiger partial charge in [-0.3, -0.25) is 14.9 Å². The summed E-state index contributed by atoms with van der Waals surface area (Å²) in [5, 5.41) is 2.39. The highest BCUT2D eigenvalue weighted by Gasteiger charge is 2.29. The first-order valence-corrected chi connectivity index (χ1v) is 6.65. The number of carbonyl (C=O) groups is 2. The maximum Gasteiger partial charge on any atom is 0.249 e. The Labute approximate surface area is 113 Å². The first-order chi connectivity index (χ1) is 8.99. The van der Waals surface area contributed by atoms with Crippen LogP contribution in [0.5, 0.6) is 0 Å². The minimum atomic E-state index is -0.261. The monoisotopic (exact) mass is 260 g/mol. The zero-order valence-corrected chi connectivity index (χ0v) is 11.6. The summed E-state index contributed by atoms with van der Waals surface area (Å²) in [6.45, 7) is 4.30. The molecule has 1 fully saturated rings. The smallest absolute Gasteiger partial charge is 0.249 e. The van der Waals surface area contributed by atoms with Crippen LogP contribution in [-0.4, -0.2) is 24.9 Å². The second-order valence-corrected chi connectivity index (χ2v) is 5.32. The SMILES string of the molecule is CC(C)c1ccc(N(C)C2CCC(=O)NC2=O)cc1. The van der Waals surface area contributed by atoms with Crippen LogP contribution >= 0.6 is 0 Å². The van der Waals surface area contributed by atoms with Crippen LogP contribution in [0.3, 0.4) is 0 Å². The van der Waals surface area contributed by atoms with E-state index in [2.05, 4.69) is 31.3 Å². The van der Waals surface area contributed by atoms with Crippen molar-refractivity contribution in [2.75, 3.05) is 11.9 Å². The zero-order valence-electron chi connectivity index (χ0n) is 11.6. The van der Waals surface area contributed by atoms with E-state index in [4.69, 9.17) is 0 Å². The van der Waals surface area contributed by atoms with Gasteiger partial charge in [0, 0.05) is 19.2 Å². The van der Waals surface area contributed by atoms with Crippen molar-refractivity contribution < 1.29 is 9.59 Å². The molecule has 4 heteroatoms. The number of benzene rings is 1. The quantitative estimate of drug-likeness (QED) is 0.846. The van der Waals surface area contributed by atoms with Gasteiger partial charge in [-0.2, -0.15) is 0 Å². The van der Waals surface area contributed by atoms with Gasteiger partial charge in [-0.25, -0.2) is 0 Å². The maximum atomic E-state index is 11.8. The van der Waals surface area contributed by atoms with Gasteiger partial charge in [0.05, 0.1) is 0 Å². The van der Waals surface area contributed by atoms with Crippen molar-refractivity contribution in [2.24, 2.45) is 0 Å². The molecular weight excluding hydrogens is 240 g/mol. The molecule has 1 atom stereocenters. The number of amides is 2. The predicted molar refractivity (Wildman–Crippen MR) is 75.1 cm³/mol. The number of hydrogen-bond donors (Lipinski definition) is 1. The van der Waals surface area contributed by atoms with E-state index in [0.29, 0.717) is 18.8 Å². The molecule has 0 aromatic heterocycles. The van der Waals surface area contributed by atoms with Gasteiger partial charge in [0.1, 0.15) is 6.04 Å². The van der Waals surface area contributed by atoms with Gasteiger partial charge in [-0.05, 0) is 30.0 Å². The third kappa shape index (κ3) is 2.95. The summed E-state index contributed by atoms with van der Waals surface area (Å²) in [6, 6.07) is 7.96. The molecule has 1 saturated heterocycles. The number of hydrogen-bond acceptors (Lipinski definition) is 3. The number of anilines is 1. The van der Waals surface area contributed by atoms with E-state index < -0.39 is 0 Å². The molecular formula is C15H20N2O2. The Kier molecular flexibility index (Phi) is 3.88. The number of piperidine rings is 1. The minimum absolute atomic E-state index is 0.176. The van der Waals surface area contributed by atoms with Crippen LogP contribution in [0.4, 0.5) is 5.69 Å². The van der Waals surface area contributed by atoms with Crippen molar-refractivity contribution in [3.63, 3.8) is 0 Å². The van der Waals surface area contributed by atoms with Gasteiger partial charge < -0.3 is 4.90 Å². The summed E-state index contributed by atoms with van der Waals surface area (Å²) in [4.78, 5) is 24.9. The Morgan fingerprint density at radius 1 is 1.21 bits per heavy atom. The van der Waals surface area contributed by atoms with Crippen molar-refractivity contribution in [2.45, 2.75) is 38.6 Å². The standard InChI is InChI=1S/C15H20N2O2/c1-10(2)11-4-6-12(7-5-11)17(3)13-8-9-14(18)16-15(13)19/h4-7,10,13H,8-9H2,1-3H3,(H,16,18,19). The largest absolute Gasteiger partial charge is 0.363 e. The van der Waals surface area contributed by atoms with E-state index in [0.717, 1.165) is 5.69 Å². The highest BCUT2D eigenvalue weighted by Crippen LogP contribution is 2.22. The van der Waals surface area contributed by atoms with Gasteiger partial charge in [0.2, 0.25) is 11.8 Å². The summed E-state index contributed by atoms with van der Waals surface area (Å²) >= 11 is 0. The number of nitrogens with zero attached hydrogens (tertiary/aromatic N) is 1. The lowest BCUT2D eigenvalue weighted by Gasteiger charge is -2.31. The van der Waals surface area contributed by atoms with E-state index >= 15 is 0 Å². The fourth-order valence-corrected chi connectivity index (χ4v) is 2.33. The molecule has 0 bridgehead atoms. The molecule has 0 radical (unpaired) electrons. The van der Waals surface area contributed by atoms with Crippen molar-refractivity contribution in [3.8, 4) is 0 Å². The van der Waals surface area contributed by atoms with Crippen LogP contribution in [0.1, 0.15) is 38.2 Å². The molecule has 2 rings (SSSR count). The van der Waals surface area contributed by atoms with Crippen LogP contribution < -0.4 is 10.2 Å². The lowest BCUT2D eigenvalue weighted by molar-refractivity contribution is -0.134. The summed E-state index contributed by atoms with van der Waals surface area (Å²) in [5.41, 5.74) is 2.28. The molecule has 1 aromatic rings. The number of imide groups is 1. The first-order valence-electron chi connectivity index (χ1n) is 6.65. The van der Waals surface area contributed by atoms with Gasteiger partial charge in [-0.15, -0.1) is 0 Å². The molecule has 1 aliphatic heterocycles.